The molecule has 1 N–H and O–H groups in total. The molecule has 0 aromatic carbocycles. The van der Waals surface area contributed by atoms with Gasteiger partial charge in [0.25, 0.3) is 0 Å². The highest BCUT2D eigenvalue weighted by Crippen LogP contribution is 2.39. The maximum Gasteiger partial charge on any atom is 0.341 e. The number of thiophene rings is 1. The highest BCUT2D eigenvalue weighted by molar-refractivity contribution is 7.17. The van der Waals surface area contributed by atoms with Gasteiger partial charge in [-0.25, -0.2) is 4.79 Å². The molecule has 1 aliphatic heterocycles. The quantitative estimate of drug-likeness (QED) is 0.847. The van der Waals surface area contributed by atoms with E-state index in [0.29, 0.717) is 17.2 Å². The van der Waals surface area contributed by atoms with Crippen LogP contribution in [0.4, 0.5) is 5.00 Å². The van der Waals surface area contributed by atoms with Gasteiger partial charge in [0.2, 0.25) is 5.91 Å². The van der Waals surface area contributed by atoms with Crippen molar-refractivity contribution in [2.24, 2.45) is 5.92 Å². The van der Waals surface area contributed by atoms with E-state index < -0.39 is 0 Å². The average Bonchev–Trinajstić information content (AvgIpc) is 3.29. The molecule has 0 atom stereocenters. The van der Waals surface area contributed by atoms with Crippen LogP contribution in [0.2, 0.25) is 0 Å². The van der Waals surface area contributed by atoms with Gasteiger partial charge in [0.1, 0.15) is 5.00 Å². The second-order valence-corrected chi connectivity index (χ2v) is 6.92. The molecule has 3 rings (SSSR count). The number of hydrogen-bond acceptors (Lipinski definition) is 5. The van der Waals surface area contributed by atoms with Crippen LogP contribution < -0.4 is 5.32 Å². The predicted molar refractivity (Wildman–Crippen MR) is 86.3 cm³/mol. The van der Waals surface area contributed by atoms with Crippen molar-refractivity contribution in [3.8, 4) is 0 Å². The van der Waals surface area contributed by atoms with Crippen LogP contribution >= 0.6 is 11.3 Å². The summed E-state index contributed by atoms with van der Waals surface area (Å²) in [5.74, 6) is -0.145. The minimum absolute atomic E-state index is 0.0384. The molecule has 0 bridgehead atoms. The van der Waals surface area contributed by atoms with Gasteiger partial charge < -0.3 is 10.1 Å². The van der Waals surface area contributed by atoms with Crippen LogP contribution in [0.25, 0.3) is 0 Å². The van der Waals surface area contributed by atoms with Crippen molar-refractivity contribution in [1.82, 2.24) is 4.90 Å². The topological polar surface area (TPSA) is 58.6 Å². The van der Waals surface area contributed by atoms with Gasteiger partial charge >= 0.3 is 5.97 Å². The Hall–Kier alpha value is -1.40. The third-order valence-corrected chi connectivity index (χ3v) is 5.38. The van der Waals surface area contributed by atoms with Crippen molar-refractivity contribution in [2.45, 2.75) is 39.7 Å². The van der Waals surface area contributed by atoms with Crippen molar-refractivity contribution in [1.29, 1.82) is 0 Å². The molecule has 120 valence electrons. The molecule has 2 aliphatic rings. The molecule has 5 nitrogen and oxygen atoms in total. The molecule has 0 spiro atoms. The van der Waals surface area contributed by atoms with E-state index in [1.54, 1.807) is 6.92 Å². The van der Waals surface area contributed by atoms with E-state index in [2.05, 4.69) is 17.1 Å². The van der Waals surface area contributed by atoms with Crippen molar-refractivity contribution < 1.29 is 14.3 Å². The summed E-state index contributed by atoms with van der Waals surface area (Å²) >= 11 is 1.53. The second-order valence-electron chi connectivity index (χ2n) is 5.81. The zero-order valence-electron chi connectivity index (χ0n) is 13.1. The van der Waals surface area contributed by atoms with Gasteiger partial charge in [-0.2, -0.15) is 0 Å². The van der Waals surface area contributed by atoms with E-state index in [-0.39, 0.29) is 17.8 Å². The van der Waals surface area contributed by atoms with Gasteiger partial charge in [0.15, 0.2) is 0 Å². The molecule has 0 saturated heterocycles. The molecular weight excluding hydrogens is 300 g/mol. The molecule has 1 saturated carbocycles. The Morgan fingerprint density at radius 1 is 1.36 bits per heavy atom. The van der Waals surface area contributed by atoms with E-state index in [1.165, 1.54) is 16.2 Å². The van der Waals surface area contributed by atoms with Crippen LogP contribution in [0.15, 0.2) is 0 Å². The Morgan fingerprint density at radius 3 is 2.77 bits per heavy atom. The minimum Gasteiger partial charge on any atom is -0.462 e. The van der Waals surface area contributed by atoms with Gasteiger partial charge in [-0.3, -0.25) is 9.69 Å². The zero-order chi connectivity index (χ0) is 15.7. The summed E-state index contributed by atoms with van der Waals surface area (Å²) in [6.07, 6.45) is 2.75. The largest absolute Gasteiger partial charge is 0.462 e. The number of esters is 1. The molecule has 1 fully saturated rings. The standard InChI is InChI=1S/C16H22N2O3S/c1-3-18-8-7-11-12(9-18)22-15(13(11)16(20)21-4-2)17-14(19)10-5-6-10/h10H,3-9H2,1-2H3,(H,17,19). The normalized spacial score (nSPS) is 17.9. The maximum absolute atomic E-state index is 12.3. The highest BCUT2D eigenvalue weighted by atomic mass is 32.1. The molecule has 1 amide bonds. The van der Waals surface area contributed by atoms with E-state index in [9.17, 15) is 9.59 Å². The van der Waals surface area contributed by atoms with Gasteiger partial charge in [0, 0.05) is 23.9 Å². The molecule has 0 radical (unpaired) electrons. The average molecular weight is 322 g/mol. The second kappa shape index (κ2) is 6.38. The Morgan fingerprint density at radius 2 is 2.14 bits per heavy atom. The van der Waals surface area contributed by atoms with Crippen LogP contribution in [0.5, 0.6) is 0 Å². The SMILES string of the molecule is CCOC(=O)c1c(NC(=O)C2CC2)sc2c1CCN(CC)C2. The summed E-state index contributed by atoms with van der Waals surface area (Å²) in [6, 6.07) is 0. The molecule has 2 heterocycles. The Kier molecular flexibility index (Phi) is 4.49. The number of anilines is 1. The summed E-state index contributed by atoms with van der Waals surface area (Å²) < 4.78 is 5.21. The third-order valence-electron chi connectivity index (χ3n) is 4.25. The number of carbonyl (C=O) groups is 2. The van der Waals surface area contributed by atoms with E-state index in [0.717, 1.165) is 44.5 Å². The molecule has 1 aromatic rings. The number of nitrogens with zero attached hydrogens (tertiary/aromatic N) is 1. The number of hydrogen-bond donors (Lipinski definition) is 1. The minimum atomic E-state index is -0.309. The number of fused-ring (bicyclic) bond motifs is 1. The first kappa shape index (κ1) is 15.5. The van der Waals surface area contributed by atoms with Crippen LogP contribution in [-0.4, -0.2) is 36.5 Å². The molecular formula is C16H22N2O3S. The van der Waals surface area contributed by atoms with Gasteiger partial charge in [-0.05, 0) is 38.3 Å². The van der Waals surface area contributed by atoms with E-state index in [1.807, 2.05) is 0 Å². The lowest BCUT2D eigenvalue weighted by Crippen LogP contribution is -2.30. The lowest BCUT2D eigenvalue weighted by Gasteiger charge is -2.25. The molecule has 1 aromatic heterocycles. The fraction of sp³-hybridized carbons (Fsp3) is 0.625. The number of carbonyl (C=O) groups excluding carboxylic acids is 2. The van der Waals surface area contributed by atoms with Gasteiger partial charge in [0.05, 0.1) is 12.2 Å². The van der Waals surface area contributed by atoms with Crippen molar-refractivity contribution in [3.63, 3.8) is 0 Å². The Bertz CT molecular complexity index is 592. The van der Waals surface area contributed by atoms with Crippen LogP contribution in [-0.2, 0) is 22.5 Å². The smallest absolute Gasteiger partial charge is 0.341 e. The number of ether oxygens (including phenoxy) is 1. The Balaban J connectivity index is 1.91. The summed E-state index contributed by atoms with van der Waals surface area (Å²) in [7, 11) is 0. The van der Waals surface area contributed by atoms with Crippen LogP contribution in [0, 0.1) is 5.92 Å². The Labute approximate surface area is 134 Å². The predicted octanol–water partition coefficient (Wildman–Crippen LogP) is 2.65. The van der Waals surface area contributed by atoms with Crippen molar-refractivity contribution in [3.05, 3.63) is 16.0 Å². The third kappa shape index (κ3) is 3.03. The van der Waals surface area contributed by atoms with E-state index in [4.69, 9.17) is 4.74 Å². The summed E-state index contributed by atoms with van der Waals surface area (Å²) in [5.41, 5.74) is 1.66. The summed E-state index contributed by atoms with van der Waals surface area (Å²) in [4.78, 5) is 27.9. The van der Waals surface area contributed by atoms with Gasteiger partial charge in [-0.15, -0.1) is 11.3 Å². The lowest BCUT2D eigenvalue weighted by molar-refractivity contribution is -0.117. The zero-order valence-corrected chi connectivity index (χ0v) is 13.9. The first-order chi connectivity index (χ1) is 10.6. The first-order valence-electron chi connectivity index (χ1n) is 7.98. The molecule has 22 heavy (non-hydrogen) atoms. The monoisotopic (exact) mass is 322 g/mol. The number of nitrogens with one attached hydrogen (secondary N) is 1. The number of rotatable bonds is 5. The number of likely N-dealkylation sites (N-methyl/N-ethyl adjacent to an activating group) is 1. The maximum atomic E-state index is 12.3. The fourth-order valence-corrected chi connectivity index (χ4v) is 4.07. The lowest BCUT2D eigenvalue weighted by atomic mass is 10.0. The van der Waals surface area contributed by atoms with Gasteiger partial charge in [-0.1, -0.05) is 6.92 Å². The van der Waals surface area contributed by atoms with Crippen molar-refractivity contribution in [2.75, 3.05) is 25.0 Å². The van der Waals surface area contributed by atoms with Crippen LogP contribution in [0.3, 0.4) is 0 Å². The van der Waals surface area contributed by atoms with Crippen molar-refractivity contribution >= 4 is 28.2 Å². The first-order valence-corrected chi connectivity index (χ1v) is 8.80. The molecule has 6 heteroatoms. The molecule has 1 aliphatic carbocycles. The summed E-state index contributed by atoms with van der Waals surface area (Å²) in [5, 5.41) is 3.64. The molecule has 0 unspecified atom stereocenters. The summed E-state index contributed by atoms with van der Waals surface area (Å²) in [6.45, 7) is 7.08. The highest BCUT2D eigenvalue weighted by Gasteiger charge is 2.33. The number of amides is 1. The van der Waals surface area contributed by atoms with Crippen LogP contribution in [0.1, 0.15) is 47.5 Å². The van der Waals surface area contributed by atoms with E-state index >= 15 is 0 Å². The fourth-order valence-electron chi connectivity index (χ4n) is 2.79.